The third kappa shape index (κ3) is 1.10. The topological polar surface area (TPSA) is 64.2 Å². The van der Waals surface area contributed by atoms with E-state index in [9.17, 15) is 0 Å². The van der Waals surface area contributed by atoms with E-state index in [0.29, 0.717) is 5.56 Å². The third-order valence-electron chi connectivity index (χ3n) is 1.53. The average molecular weight is 149 g/mol. The van der Waals surface area contributed by atoms with Crippen molar-refractivity contribution < 1.29 is 10.2 Å². The van der Waals surface area contributed by atoms with Crippen molar-refractivity contribution in [2.24, 2.45) is 0 Å². The van der Waals surface area contributed by atoms with E-state index in [1.54, 1.807) is 13.0 Å². The maximum absolute atomic E-state index is 9.09. The van der Waals surface area contributed by atoms with Crippen LogP contribution >= 0.6 is 0 Å². The molecule has 0 aliphatic heterocycles. The van der Waals surface area contributed by atoms with E-state index in [1.165, 1.54) is 12.1 Å². The Balaban J connectivity index is 3.44. The SMILES string of the molecule is Cc1c(O)ccc(O)c1C#N. The molecule has 3 nitrogen and oxygen atoms in total. The highest BCUT2D eigenvalue weighted by Crippen LogP contribution is 2.26. The fourth-order valence-corrected chi connectivity index (χ4v) is 0.828. The summed E-state index contributed by atoms with van der Waals surface area (Å²) in [4.78, 5) is 0. The summed E-state index contributed by atoms with van der Waals surface area (Å²) in [6.45, 7) is 1.58. The van der Waals surface area contributed by atoms with E-state index < -0.39 is 0 Å². The van der Waals surface area contributed by atoms with Crippen LogP contribution in [0, 0.1) is 18.3 Å². The molecule has 0 aliphatic carbocycles. The molecule has 0 radical (unpaired) electrons. The molecule has 0 bridgehead atoms. The van der Waals surface area contributed by atoms with Gasteiger partial charge in [-0.1, -0.05) is 0 Å². The zero-order valence-corrected chi connectivity index (χ0v) is 6.00. The molecule has 0 spiro atoms. The summed E-state index contributed by atoms with van der Waals surface area (Å²) in [6, 6.07) is 4.44. The maximum Gasteiger partial charge on any atom is 0.133 e. The van der Waals surface area contributed by atoms with Crippen LogP contribution in [-0.2, 0) is 0 Å². The second-order valence-corrected chi connectivity index (χ2v) is 2.22. The molecule has 0 fully saturated rings. The largest absolute Gasteiger partial charge is 0.508 e. The van der Waals surface area contributed by atoms with Gasteiger partial charge in [-0.2, -0.15) is 5.26 Å². The predicted octanol–water partition coefficient (Wildman–Crippen LogP) is 1.28. The van der Waals surface area contributed by atoms with Gasteiger partial charge in [0.2, 0.25) is 0 Å². The average Bonchev–Trinajstić information content (AvgIpc) is 1.99. The molecular weight excluding hydrogens is 142 g/mol. The molecule has 0 atom stereocenters. The second-order valence-electron chi connectivity index (χ2n) is 2.22. The van der Waals surface area contributed by atoms with Gasteiger partial charge in [-0.15, -0.1) is 0 Å². The Kier molecular flexibility index (Phi) is 1.69. The summed E-state index contributed by atoms with van der Waals surface area (Å²) in [7, 11) is 0. The lowest BCUT2D eigenvalue weighted by Gasteiger charge is -2.01. The minimum Gasteiger partial charge on any atom is -0.508 e. The van der Waals surface area contributed by atoms with Crippen LogP contribution in [0.25, 0.3) is 0 Å². The standard InChI is InChI=1S/C8H7NO2/c1-5-6(4-9)8(11)3-2-7(5)10/h2-3,10-11H,1H3. The molecule has 56 valence electrons. The van der Waals surface area contributed by atoms with Gasteiger partial charge >= 0.3 is 0 Å². The fourth-order valence-electron chi connectivity index (χ4n) is 0.828. The number of hydrogen-bond acceptors (Lipinski definition) is 3. The summed E-state index contributed by atoms with van der Waals surface area (Å²) >= 11 is 0. The molecule has 1 aromatic carbocycles. The monoisotopic (exact) mass is 149 g/mol. The Morgan fingerprint density at radius 1 is 1.27 bits per heavy atom. The lowest BCUT2D eigenvalue weighted by molar-refractivity contribution is 0.455. The molecule has 1 aromatic rings. The fraction of sp³-hybridized carbons (Fsp3) is 0.125. The van der Waals surface area contributed by atoms with Crippen molar-refractivity contribution in [1.29, 1.82) is 5.26 Å². The van der Waals surface area contributed by atoms with Crippen molar-refractivity contribution in [2.45, 2.75) is 6.92 Å². The first-order valence-electron chi connectivity index (χ1n) is 3.08. The molecule has 3 heteroatoms. The molecule has 0 aromatic heterocycles. The van der Waals surface area contributed by atoms with Crippen molar-refractivity contribution in [3.63, 3.8) is 0 Å². The highest BCUT2D eigenvalue weighted by atomic mass is 16.3. The first-order valence-corrected chi connectivity index (χ1v) is 3.08. The van der Waals surface area contributed by atoms with Gasteiger partial charge in [0.15, 0.2) is 0 Å². The van der Waals surface area contributed by atoms with Gasteiger partial charge in [-0.05, 0) is 19.1 Å². The van der Waals surface area contributed by atoms with Gasteiger partial charge in [0.25, 0.3) is 0 Å². The highest BCUT2D eigenvalue weighted by molar-refractivity contribution is 5.53. The number of nitrogens with zero attached hydrogens (tertiary/aromatic N) is 1. The van der Waals surface area contributed by atoms with Gasteiger partial charge in [-0.3, -0.25) is 0 Å². The lowest BCUT2D eigenvalue weighted by atomic mass is 10.1. The van der Waals surface area contributed by atoms with Crippen LogP contribution in [0.3, 0.4) is 0 Å². The van der Waals surface area contributed by atoms with Gasteiger partial charge < -0.3 is 10.2 Å². The van der Waals surface area contributed by atoms with Gasteiger partial charge in [0.05, 0.1) is 0 Å². The Labute approximate surface area is 64.1 Å². The van der Waals surface area contributed by atoms with Crippen LogP contribution in [0.15, 0.2) is 12.1 Å². The van der Waals surface area contributed by atoms with Gasteiger partial charge in [0.1, 0.15) is 23.1 Å². The van der Waals surface area contributed by atoms with Crippen molar-refractivity contribution in [2.75, 3.05) is 0 Å². The third-order valence-corrected chi connectivity index (χ3v) is 1.53. The summed E-state index contributed by atoms with van der Waals surface area (Å²) in [5.74, 6) is -0.0675. The zero-order chi connectivity index (χ0) is 8.43. The Morgan fingerprint density at radius 2 is 1.82 bits per heavy atom. The van der Waals surface area contributed by atoms with E-state index in [4.69, 9.17) is 15.5 Å². The highest BCUT2D eigenvalue weighted by Gasteiger charge is 2.06. The lowest BCUT2D eigenvalue weighted by Crippen LogP contribution is -1.83. The van der Waals surface area contributed by atoms with Crippen LogP contribution in [-0.4, -0.2) is 10.2 Å². The molecule has 0 saturated heterocycles. The molecular formula is C8H7NO2. The van der Waals surface area contributed by atoms with Crippen molar-refractivity contribution in [3.8, 4) is 17.6 Å². The Hall–Kier alpha value is -1.69. The summed E-state index contributed by atoms with van der Waals surface area (Å²) in [6.07, 6.45) is 0. The smallest absolute Gasteiger partial charge is 0.133 e. The number of nitriles is 1. The van der Waals surface area contributed by atoms with E-state index in [-0.39, 0.29) is 17.1 Å². The molecule has 1 rings (SSSR count). The second kappa shape index (κ2) is 2.51. The molecule has 0 saturated carbocycles. The molecule has 11 heavy (non-hydrogen) atoms. The van der Waals surface area contributed by atoms with Crippen molar-refractivity contribution in [1.82, 2.24) is 0 Å². The quantitative estimate of drug-likeness (QED) is 0.546. The van der Waals surface area contributed by atoms with Crippen LogP contribution in [0.5, 0.6) is 11.5 Å². The van der Waals surface area contributed by atoms with Gasteiger partial charge in [0, 0.05) is 5.56 Å². The number of phenolic OH excluding ortho intramolecular Hbond substituents is 2. The predicted molar refractivity (Wildman–Crippen MR) is 39.2 cm³/mol. The number of phenols is 2. The minimum atomic E-state index is -0.0946. The van der Waals surface area contributed by atoms with Crippen molar-refractivity contribution in [3.05, 3.63) is 23.3 Å². The first-order chi connectivity index (χ1) is 5.16. The summed E-state index contributed by atoms with van der Waals surface area (Å²) in [5.41, 5.74) is 0.539. The normalized spacial score (nSPS) is 9.09. The van der Waals surface area contributed by atoms with E-state index in [1.807, 2.05) is 0 Å². The zero-order valence-electron chi connectivity index (χ0n) is 6.00. The summed E-state index contributed by atoms with van der Waals surface area (Å²) < 4.78 is 0. The summed E-state index contributed by atoms with van der Waals surface area (Å²) in [5, 5.41) is 26.7. The molecule has 0 heterocycles. The van der Waals surface area contributed by atoms with Crippen LogP contribution in [0.1, 0.15) is 11.1 Å². The van der Waals surface area contributed by atoms with Crippen LogP contribution < -0.4 is 0 Å². The first kappa shape index (κ1) is 7.42. The Morgan fingerprint density at radius 3 is 2.27 bits per heavy atom. The Bertz CT molecular complexity index is 326. The van der Waals surface area contributed by atoms with Crippen molar-refractivity contribution >= 4 is 0 Å². The van der Waals surface area contributed by atoms with Crippen LogP contribution in [0.4, 0.5) is 0 Å². The minimum absolute atomic E-state index is 0.0272. The van der Waals surface area contributed by atoms with Crippen LogP contribution in [0.2, 0.25) is 0 Å². The van der Waals surface area contributed by atoms with E-state index in [0.717, 1.165) is 0 Å². The van der Waals surface area contributed by atoms with Gasteiger partial charge in [-0.25, -0.2) is 0 Å². The maximum atomic E-state index is 9.09. The van der Waals surface area contributed by atoms with E-state index in [2.05, 4.69) is 0 Å². The number of aromatic hydroxyl groups is 2. The number of benzene rings is 1. The number of rotatable bonds is 0. The molecule has 0 unspecified atom stereocenters. The molecule has 0 amide bonds. The molecule has 2 N–H and O–H groups in total. The number of hydrogen-bond donors (Lipinski definition) is 2. The van der Waals surface area contributed by atoms with E-state index >= 15 is 0 Å². The molecule has 0 aliphatic rings.